The molecule has 0 atom stereocenters. The number of furan rings is 1. The van der Waals surface area contributed by atoms with Crippen molar-refractivity contribution in [3.63, 3.8) is 0 Å². The minimum Gasteiger partial charge on any atom is -0.468 e. The van der Waals surface area contributed by atoms with Crippen molar-refractivity contribution in [3.05, 3.63) is 35.6 Å². The lowest BCUT2D eigenvalue weighted by Gasteiger charge is -1.94. The Morgan fingerprint density at radius 2 is 2.23 bits per heavy atom. The van der Waals surface area contributed by atoms with Gasteiger partial charge in [0.25, 0.3) is 0 Å². The van der Waals surface area contributed by atoms with Crippen LogP contribution in [0.4, 0.5) is 0 Å². The van der Waals surface area contributed by atoms with E-state index in [1.165, 1.54) is 9.10 Å². The van der Waals surface area contributed by atoms with E-state index in [4.69, 9.17) is 4.42 Å². The first-order valence-corrected chi connectivity index (χ1v) is 6.81. The van der Waals surface area contributed by atoms with Gasteiger partial charge in [0, 0.05) is 0 Å². The van der Waals surface area contributed by atoms with E-state index in [0.29, 0.717) is 0 Å². The molecule has 0 saturated carbocycles. The Labute approximate surface area is 88.9 Å². The zero-order valence-electron chi connectivity index (χ0n) is 7.02. The second-order valence-electron chi connectivity index (χ2n) is 2.44. The van der Waals surface area contributed by atoms with Gasteiger partial charge in [-0.2, -0.15) is 0 Å². The molecule has 0 saturated heterocycles. The molecule has 0 unspecified atom stereocenters. The monoisotopic (exact) mass is 228 g/mol. The molecule has 2 aromatic rings. The van der Waals surface area contributed by atoms with Crippen molar-refractivity contribution < 1.29 is 4.42 Å². The Morgan fingerprint density at radius 1 is 1.31 bits per heavy atom. The van der Waals surface area contributed by atoms with Crippen LogP contribution in [0.15, 0.2) is 43.4 Å². The maximum atomic E-state index is 5.20. The Bertz CT molecular complexity index is 364. The first kappa shape index (κ1) is 9.24. The van der Waals surface area contributed by atoms with E-state index in [2.05, 4.69) is 17.5 Å². The lowest BCUT2D eigenvalue weighted by atomic mass is 10.5. The van der Waals surface area contributed by atoms with Crippen LogP contribution >= 0.6 is 32.9 Å². The van der Waals surface area contributed by atoms with Crippen molar-refractivity contribution >= 4 is 32.9 Å². The maximum absolute atomic E-state index is 5.20. The smallest absolute Gasteiger partial charge is 0.115 e. The standard InChI is InChI=1S/C9H8OS3/c1-7-8(4-5-10-7)12-13-9-3-2-6-11-9/h2-6H,1H3. The van der Waals surface area contributed by atoms with Gasteiger partial charge in [0.15, 0.2) is 0 Å². The van der Waals surface area contributed by atoms with E-state index in [1.54, 1.807) is 39.2 Å². The number of hydrogen-bond donors (Lipinski definition) is 0. The largest absolute Gasteiger partial charge is 0.468 e. The van der Waals surface area contributed by atoms with Gasteiger partial charge in [-0.05, 0) is 46.0 Å². The van der Waals surface area contributed by atoms with E-state index in [1.807, 2.05) is 13.0 Å². The zero-order chi connectivity index (χ0) is 9.10. The summed E-state index contributed by atoms with van der Waals surface area (Å²) in [6.45, 7) is 1.98. The van der Waals surface area contributed by atoms with Crippen LogP contribution in [0, 0.1) is 6.92 Å². The Morgan fingerprint density at radius 3 is 2.85 bits per heavy atom. The second-order valence-corrected chi connectivity index (χ2v) is 5.86. The molecule has 0 aromatic carbocycles. The Balaban J connectivity index is 1.97. The van der Waals surface area contributed by atoms with Crippen LogP contribution in [0.2, 0.25) is 0 Å². The summed E-state index contributed by atoms with van der Waals surface area (Å²) in [5.74, 6) is 0.994. The summed E-state index contributed by atoms with van der Waals surface area (Å²) in [5, 5.41) is 2.09. The molecule has 13 heavy (non-hydrogen) atoms. The first-order valence-electron chi connectivity index (χ1n) is 3.78. The minimum atomic E-state index is 0.994. The number of thiophene rings is 1. The highest BCUT2D eigenvalue weighted by Crippen LogP contribution is 2.40. The van der Waals surface area contributed by atoms with Crippen molar-refractivity contribution in [1.29, 1.82) is 0 Å². The molecule has 0 amide bonds. The highest BCUT2D eigenvalue weighted by molar-refractivity contribution is 8.77. The van der Waals surface area contributed by atoms with Gasteiger partial charge in [0.05, 0.1) is 15.4 Å². The molecule has 0 aliphatic rings. The SMILES string of the molecule is Cc1occc1SSc1cccs1. The molecule has 0 aliphatic heterocycles. The molecule has 0 aliphatic carbocycles. The average Bonchev–Trinajstić information content (AvgIpc) is 2.72. The number of rotatable bonds is 3. The van der Waals surface area contributed by atoms with Crippen LogP contribution in [0.5, 0.6) is 0 Å². The van der Waals surface area contributed by atoms with Crippen LogP contribution in [0.25, 0.3) is 0 Å². The van der Waals surface area contributed by atoms with Gasteiger partial charge in [-0.1, -0.05) is 6.07 Å². The van der Waals surface area contributed by atoms with Crippen LogP contribution in [-0.2, 0) is 0 Å². The number of aryl methyl sites for hydroxylation is 1. The first-order chi connectivity index (χ1) is 6.36. The lowest BCUT2D eigenvalue weighted by Crippen LogP contribution is -1.64. The van der Waals surface area contributed by atoms with Crippen LogP contribution < -0.4 is 0 Å². The summed E-state index contributed by atoms with van der Waals surface area (Å²) in [5.41, 5.74) is 0. The molecule has 0 fully saturated rings. The van der Waals surface area contributed by atoms with Crippen LogP contribution in [-0.4, -0.2) is 0 Å². The molecule has 2 heterocycles. The van der Waals surface area contributed by atoms with Gasteiger partial charge >= 0.3 is 0 Å². The van der Waals surface area contributed by atoms with Gasteiger partial charge in [-0.15, -0.1) is 11.3 Å². The molecule has 0 radical (unpaired) electrons. The van der Waals surface area contributed by atoms with Crippen molar-refractivity contribution in [2.75, 3.05) is 0 Å². The summed E-state index contributed by atoms with van der Waals surface area (Å²) in [4.78, 5) is 1.21. The maximum Gasteiger partial charge on any atom is 0.115 e. The van der Waals surface area contributed by atoms with E-state index in [0.717, 1.165) is 5.76 Å². The molecule has 0 bridgehead atoms. The van der Waals surface area contributed by atoms with Gasteiger partial charge in [-0.3, -0.25) is 0 Å². The van der Waals surface area contributed by atoms with Gasteiger partial charge in [0.2, 0.25) is 0 Å². The molecule has 0 N–H and O–H groups in total. The van der Waals surface area contributed by atoms with Gasteiger partial charge in [-0.25, -0.2) is 0 Å². The number of hydrogen-bond acceptors (Lipinski definition) is 4. The predicted molar refractivity (Wildman–Crippen MR) is 59.5 cm³/mol. The second kappa shape index (κ2) is 4.26. The quantitative estimate of drug-likeness (QED) is 0.720. The third-order valence-electron chi connectivity index (χ3n) is 1.52. The normalized spacial score (nSPS) is 10.5. The molecule has 68 valence electrons. The summed E-state index contributed by atoms with van der Waals surface area (Å²) in [6, 6.07) is 6.19. The Hall–Kier alpha value is -0.320. The highest BCUT2D eigenvalue weighted by Gasteiger charge is 2.03. The average molecular weight is 228 g/mol. The molecule has 0 spiro atoms. The van der Waals surface area contributed by atoms with E-state index in [-0.39, 0.29) is 0 Å². The van der Waals surface area contributed by atoms with Gasteiger partial charge in [0.1, 0.15) is 5.76 Å². The lowest BCUT2D eigenvalue weighted by molar-refractivity contribution is 0.527. The summed E-state index contributed by atoms with van der Waals surface area (Å²) in [7, 11) is 3.52. The minimum absolute atomic E-state index is 0.994. The summed E-state index contributed by atoms with van der Waals surface area (Å²) < 4.78 is 6.53. The van der Waals surface area contributed by atoms with E-state index < -0.39 is 0 Å². The fourth-order valence-electron chi connectivity index (χ4n) is 0.857. The predicted octanol–water partition coefficient (Wildman–Crippen LogP) is 4.45. The molecule has 2 aromatic heterocycles. The van der Waals surface area contributed by atoms with Gasteiger partial charge < -0.3 is 4.42 Å². The topological polar surface area (TPSA) is 13.1 Å². The molecular formula is C9H8OS3. The van der Waals surface area contributed by atoms with Crippen molar-refractivity contribution in [1.82, 2.24) is 0 Å². The van der Waals surface area contributed by atoms with E-state index >= 15 is 0 Å². The molecule has 4 heteroatoms. The van der Waals surface area contributed by atoms with Crippen molar-refractivity contribution in [2.24, 2.45) is 0 Å². The summed E-state index contributed by atoms with van der Waals surface area (Å²) >= 11 is 1.76. The zero-order valence-corrected chi connectivity index (χ0v) is 9.47. The van der Waals surface area contributed by atoms with Crippen molar-refractivity contribution in [3.8, 4) is 0 Å². The fourth-order valence-corrected chi connectivity index (χ4v) is 4.07. The molecule has 1 nitrogen and oxygen atoms in total. The fraction of sp³-hybridized carbons (Fsp3) is 0.111. The molecular weight excluding hydrogens is 220 g/mol. The third kappa shape index (κ3) is 2.33. The summed E-state index contributed by atoms with van der Waals surface area (Å²) in [6.07, 6.45) is 1.73. The van der Waals surface area contributed by atoms with E-state index in [9.17, 15) is 0 Å². The van der Waals surface area contributed by atoms with Crippen LogP contribution in [0.1, 0.15) is 5.76 Å². The molecule has 2 rings (SSSR count). The van der Waals surface area contributed by atoms with Crippen LogP contribution in [0.3, 0.4) is 0 Å². The van der Waals surface area contributed by atoms with Crippen molar-refractivity contribution in [2.45, 2.75) is 16.0 Å². The third-order valence-corrected chi connectivity index (χ3v) is 5.35. The Kier molecular flexibility index (Phi) is 3.03. The highest BCUT2D eigenvalue weighted by atomic mass is 33.1.